The van der Waals surface area contributed by atoms with Crippen LogP contribution in [0.25, 0.3) is 0 Å². The number of halogens is 12. The summed E-state index contributed by atoms with van der Waals surface area (Å²) in [5.74, 6) is 0. The Morgan fingerprint density at radius 1 is 0.263 bits per heavy atom. The molecule has 0 spiro atoms. The lowest BCUT2D eigenvalue weighted by Crippen LogP contribution is -1.24. The van der Waals surface area contributed by atoms with Crippen molar-refractivity contribution in [3.8, 4) is 0 Å². The highest BCUT2D eigenvalue weighted by atomic mass is 35.5. The molecule has 0 aromatic carbocycles. The molecule has 0 unspecified atom stereocenters. The Balaban J connectivity index is -0.0000000180. The molecule has 0 aliphatic rings. The summed E-state index contributed by atoms with van der Waals surface area (Å²) in [5.41, 5.74) is 0. The van der Waals surface area contributed by atoms with Crippen molar-refractivity contribution < 1.29 is 5.48 Å². The first kappa shape index (κ1) is 43.3. The van der Waals surface area contributed by atoms with Crippen LogP contribution < -0.4 is 0 Å². The van der Waals surface area contributed by atoms with Crippen molar-refractivity contribution in [2.24, 2.45) is 0 Å². The smallest absolute Gasteiger partial charge is 0.0967 e. The lowest BCUT2D eigenvalue weighted by Gasteiger charge is -1.42. The van der Waals surface area contributed by atoms with E-state index in [4.69, 9.17) is 139 Å². The third-order valence-corrected chi connectivity index (χ3v) is 0. The average molecular weight is 528 g/mol. The molecule has 0 bridgehead atoms. The molecule has 0 radical (unpaired) electrons. The maximum absolute atomic E-state index is 4.76. The van der Waals surface area contributed by atoms with Gasteiger partial charge in [-0.3, -0.25) is 0 Å². The molecule has 13 heteroatoms. The van der Waals surface area contributed by atoms with Gasteiger partial charge in [-0.1, -0.05) is 0 Å². The van der Waals surface area contributed by atoms with Crippen LogP contribution >= 0.6 is 139 Å². The van der Waals surface area contributed by atoms with Crippen LogP contribution in [0.1, 0.15) is 0 Å². The minimum absolute atomic E-state index is 0. The summed E-state index contributed by atoms with van der Waals surface area (Å²) >= 11 is 57.2. The van der Waals surface area contributed by atoms with Gasteiger partial charge in [0.05, 0.1) is 32.0 Å². The molecule has 0 aliphatic carbocycles. The normalized spacial score (nSPS) is 5.68. The van der Waals surface area contributed by atoms with E-state index in [1.54, 1.807) is 0 Å². The van der Waals surface area contributed by atoms with E-state index in [0.29, 0.717) is 0 Å². The number of hydrogen-bond donors (Lipinski definition) is 0. The van der Waals surface area contributed by atoms with Crippen molar-refractivity contribution in [1.29, 1.82) is 0 Å². The Bertz CT molecular complexity index is 37.7. The standard InChI is InChI=1S/6CH2Cl2.H2O/c6*2-1-3;/h6*1H2;1H2. The molecule has 1 nitrogen and oxygen atoms in total. The van der Waals surface area contributed by atoms with Crippen LogP contribution in [0.3, 0.4) is 0 Å². The largest absolute Gasteiger partial charge is 0.412 e. The van der Waals surface area contributed by atoms with Gasteiger partial charge in [-0.25, -0.2) is 0 Å². The summed E-state index contributed by atoms with van der Waals surface area (Å²) in [6.45, 7) is 0. The Kier molecular flexibility index (Phi) is 229. The predicted molar refractivity (Wildman–Crippen MR) is 103 cm³/mol. The third-order valence-electron chi connectivity index (χ3n) is 0. The summed E-state index contributed by atoms with van der Waals surface area (Å²) in [6.07, 6.45) is 0. The second-order valence-corrected chi connectivity index (χ2v) is 5.45. The molecular weight excluding hydrogens is 514 g/mol. The van der Waals surface area contributed by atoms with Crippen molar-refractivity contribution >= 4 is 139 Å². The first-order chi connectivity index (χ1) is 8.49. The second kappa shape index (κ2) is 101. The van der Waals surface area contributed by atoms with Gasteiger partial charge in [0.25, 0.3) is 0 Å². The summed E-state index contributed by atoms with van der Waals surface area (Å²) in [4.78, 5) is 0. The molecule has 0 atom stereocenters. The molecule has 0 aliphatic heterocycles. The van der Waals surface area contributed by atoms with Crippen LogP contribution in [0.2, 0.25) is 0 Å². The Morgan fingerprint density at radius 2 is 0.263 bits per heavy atom. The molecule has 0 amide bonds. The van der Waals surface area contributed by atoms with Crippen LogP contribution in [-0.2, 0) is 0 Å². The van der Waals surface area contributed by atoms with Crippen molar-refractivity contribution in [1.82, 2.24) is 0 Å². The minimum atomic E-state index is 0. The maximum atomic E-state index is 4.76. The molecular formula is C6H14Cl12O. The van der Waals surface area contributed by atoms with Crippen molar-refractivity contribution in [3.63, 3.8) is 0 Å². The molecule has 0 saturated carbocycles. The van der Waals surface area contributed by atoms with Gasteiger partial charge >= 0.3 is 0 Å². The van der Waals surface area contributed by atoms with E-state index in [1.165, 1.54) is 0 Å². The summed E-state index contributed by atoms with van der Waals surface area (Å²) < 4.78 is 0. The summed E-state index contributed by atoms with van der Waals surface area (Å²) in [7, 11) is 0. The van der Waals surface area contributed by atoms with Crippen LogP contribution in [-0.4, -0.2) is 37.5 Å². The Labute approximate surface area is 175 Å². The zero-order valence-corrected chi connectivity index (χ0v) is 18.3. The van der Waals surface area contributed by atoms with Crippen LogP contribution in [0.5, 0.6) is 0 Å². The van der Waals surface area contributed by atoms with Gasteiger partial charge in [-0.15, -0.1) is 139 Å². The van der Waals surface area contributed by atoms with Gasteiger partial charge < -0.3 is 5.48 Å². The van der Waals surface area contributed by atoms with Gasteiger partial charge in [-0.05, 0) is 0 Å². The molecule has 0 rings (SSSR count). The quantitative estimate of drug-likeness (QED) is 0.289. The van der Waals surface area contributed by atoms with Crippen LogP contribution in [0, 0.1) is 0 Å². The highest BCUT2D eigenvalue weighted by Crippen LogP contribution is 1.74. The highest BCUT2D eigenvalue weighted by molar-refractivity contribution is 6.42. The first-order valence-electron chi connectivity index (χ1n) is 3.21. The molecule has 0 aromatic heterocycles. The van der Waals surface area contributed by atoms with E-state index in [-0.39, 0.29) is 37.5 Å². The Hall–Kier alpha value is 3.44. The molecule has 19 heavy (non-hydrogen) atoms. The van der Waals surface area contributed by atoms with E-state index in [1.807, 2.05) is 0 Å². The molecule has 0 heterocycles. The number of rotatable bonds is 0. The van der Waals surface area contributed by atoms with Gasteiger partial charge in [0.2, 0.25) is 0 Å². The summed E-state index contributed by atoms with van der Waals surface area (Å²) in [6, 6.07) is 0. The van der Waals surface area contributed by atoms with Crippen molar-refractivity contribution in [3.05, 3.63) is 0 Å². The van der Waals surface area contributed by atoms with Crippen molar-refractivity contribution in [2.75, 3.05) is 32.0 Å². The SMILES string of the molecule is ClCCl.ClCCl.ClCCl.ClCCl.ClCCl.ClCCl.O. The topological polar surface area (TPSA) is 31.5 Å². The van der Waals surface area contributed by atoms with E-state index in [0.717, 1.165) is 0 Å². The monoisotopic (exact) mass is 522 g/mol. The molecule has 0 aromatic rings. The lowest BCUT2D eigenvalue weighted by molar-refractivity contribution is 0.824. The molecule has 0 saturated heterocycles. The van der Waals surface area contributed by atoms with Gasteiger partial charge in [0, 0.05) is 0 Å². The maximum Gasteiger partial charge on any atom is 0.0967 e. The fourth-order valence-electron chi connectivity index (χ4n) is 0. The molecule has 2 N–H and O–H groups in total. The van der Waals surface area contributed by atoms with Gasteiger partial charge in [-0.2, -0.15) is 0 Å². The molecule has 128 valence electrons. The van der Waals surface area contributed by atoms with Crippen LogP contribution in [0.15, 0.2) is 0 Å². The number of hydrogen-bond acceptors (Lipinski definition) is 0. The van der Waals surface area contributed by atoms with E-state index in [9.17, 15) is 0 Å². The van der Waals surface area contributed by atoms with Crippen LogP contribution in [0.4, 0.5) is 0 Å². The lowest BCUT2D eigenvalue weighted by atomic mass is 11.9. The fraction of sp³-hybridized carbons (Fsp3) is 1.00. The first-order valence-corrected chi connectivity index (χ1v) is 9.62. The predicted octanol–water partition coefficient (Wildman–Crippen LogP) is 7.70. The Morgan fingerprint density at radius 3 is 0.263 bits per heavy atom. The zero-order valence-electron chi connectivity index (χ0n) is 9.28. The van der Waals surface area contributed by atoms with Gasteiger partial charge in [0.1, 0.15) is 0 Å². The van der Waals surface area contributed by atoms with E-state index in [2.05, 4.69) is 0 Å². The highest BCUT2D eigenvalue weighted by Gasteiger charge is 1.43. The second-order valence-electron chi connectivity index (χ2n) is 0.606. The summed E-state index contributed by atoms with van der Waals surface area (Å²) in [5, 5.41) is 1.17. The van der Waals surface area contributed by atoms with E-state index >= 15 is 0 Å². The average Bonchev–Trinajstić information content (AvgIpc) is 2.23. The number of alkyl halides is 12. The van der Waals surface area contributed by atoms with Gasteiger partial charge in [0.15, 0.2) is 0 Å². The van der Waals surface area contributed by atoms with Crippen molar-refractivity contribution in [2.45, 2.75) is 0 Å². The molecule has 0 fully saturated rings. The minimum Gasteiger partial charge on any atom is -0.412 e. The third kappa shape index (κ3) is 685. The fourth-order valence-corrected chi connectivity index (χ4v) is 0. The van der Waals surface area contributed by atoms with E-state index < -0.39 is 0 Å². The zero-order chi connectivity index (χ0) is 16.2.